The quantitative estimate of drug-likeness (QED) is 0.654. The van der Waals surface area contributed by atoms with Gasteiger partial charge < -0.3 is 4.42 Å². The average Bonchev–Trinajstić information content (AvgIpc) is 2.81. The topological polar surface area (TPSA) is 43.1 Å². The van der Waals surface area contributed by atoms with Crippen molar-refractivity contribution in [3.8, 4) is 0 Å². The number of carbonyl (C=O) groups excluding carboxylic acids is 1. The van der Waals surface area contributed by atoms with E-state index in [4.69, 9.17) is 27.6 Å². The van der Waals surface area contributed by atoms with Gasteiger partial charge in [-0.3, -0.25) is 4.79 Å². The van der Waals surface area contributed by atoms with Crippen LogP contribution in [-0.4, -0.2) is 10.8 Å². The number of rotatable bonds is 2. The number of pyridine rings is 1. The molecule has 0 saturated carbocycles. The van der Waals surface area contributed by atoms with Gasteiger partial charge in [0.2, 0.25) is 5.78 Å². The van der Waals surface area contributed by atoms with Crippen LogP contribution in [0.5, 0.6) is 0 Å². The van der Waals surface area contributed by atoms with Crippen molar-refractivity contribution in [3.63, 3.8) is 0 Å². The SMILES string of the molecule is O=C(c1cc2cc(F)ccc2o1)c1ncc(Cl)cc1Cl. The Kier molecular flexibility index (Phi) is 3.20. The van der Waals surface area contributed by atoms with Crippen molar-refractivity contribution >= 4 is 40.0 Å². The second-order valence-electron chi connectivity index (χ2n) is 4.11. The number of carbonyl (C=O) groups is 1. The predicted molar refractivity (Wildman–Crippen MR) is 73.9 cm³/mol. The highest BCUT2D eigenvalue weighted by Gasteiger charge is 2.19. The summed E-state index contributed by atoms with van der Waals surface area (Å²) in [4.78, 5) is 16.1. The van der Waals surface area contributed by atoms with E-state index >= 15 is 0 Å². The molecular weight excluding hydrogens is 304 g/mol. The fourth-order valence-electron chi connectivity index (χ4n) is 1.82. The zero-order valence-electron chi connectivity index (χ0n) is 9.86. The molecule has 3 aromatic rings. The third-order valence-electron chi connectivity index (χ3n) is 2.73. The number of hydrogen-bond acceptors (Lipinski definition) is 3. The van der Waals surface area contributed by atoms with E-state index in [1.807, 2.05) is 0 Å². The third-order valence-corrected chi connectivity index (χ3v) is 3.22. The molecular formula is C14H6Cl2FNO2. The molecule has 0 spiro atoms. The van der Waals surface area contributed by atoms with Crippen molar-refractivity contribution in [2.45, 2.75) is 0 Å². The Balaban J connectivity index is 2.08. The van der Waals surface area contributed by atoms with E-state index in [-0.39, 0.29) is 16.5 Å². The molecule has 0 fully saturated rings. The Morgan fingerprint density at radius 3 is 2.75 bits per heavy atom. The number of hydrogen-bond donors (Lipinski definition) is 0. The first-order valence-electron chi connectivity index (χ1n) is 5.59. The van der Waals surface area contributed by atoms with Crippen LogP contribution in [0, 0.1) is 5.82 Å². The molecule has 0 bridgehead atoms. The van der Waals surface area contributed by atoms with Crippen molar-refractivity contribution in [1.82, 2.24) is 4.98 Å². The van der Waals surface area contributed by atoms with Crippen LogP contribution in [-0.2, 0) is 0 Å². The summed E-state index contributed by atoms with van der Waals surface area (Å²) in [5.41, 5.74) is 0.454. The Bertz CT molecular complexity index is 829. The largest absolute Gasteiger partial charge is 0.453 e. The van der Waals surface area contributed by atoms with Crippen molar-refractivity contribution in [2.75, 3.05) is 0 Å². The van der Waals surface area contributed by atoms with Gasteiger partial charge in [0, 0.05) is 11.6 Å². The van der Waals surface area contributed by atoms with Crippen LogP contribution in [0.3, 0.4) is 0 Å². The van der Waals surface area contributed by atoms with Crippen molar-refractivity contribution in [2.24, 2.45) is 0 Å². The van der Waals surface area contributed by atoms with Crippen LogP contribution in [0.15, 0.2) is 40.9 Å². The number of fused-ring (bicyclic) bond motifs is 1. The van der Waals surface area contributed by atoms with Crippen molar-refractivity contribution in [3.05, 3.63) is 63.8 Å². The summed E-state index contributed by atoms with van der Waals surface area (Å²) in [6.45, 7) is 0. The summed E-state index contributed by atoms with van der Waals surface area (Å²) in [7, 11) is 0. The fraction of sp³-hybridized carbons (Fsp3) is 0. The van der Waals surface area contributed by atoms with Gasteiger partial charge in [-0.25, -0.2) is 9.37 Å². The van der Waals surface area contributed by atoms with Gasteiger partial charge in [-0.2, -0.15) is 0 Å². The molecule has 0 aliphatic carbocycles. The lowest BCUT2D eigenvalue weighted by molar-refractivity contribution is 0.101. The van der Waals surface area contributed by atoms with E-state index in [9.17, 15) is 9.18 Å². The molecule has 20 heavy (non-hydrogen) atoms. The smallest absolute Gasteiger partial charge is 0.248 e. The van der Waals surface area contributed by atoms with Gasteiger partial charge in [-0.1, -0.05) is 23.2 Å². The number of halogens is 3. The van der Waals surface area contributed by atoms with Crippen molar-refractivity contribution in [1.29, 1.82) is 0 Å². The minimum atomic E-state index is -0.483. The lowest BCUT2D eigenvalue weighted by Gasteiger charge is -2.00. The second-order valence-corrected chi connectivity index (χ2v) is 4.95. The molecule has 0 radical (unpaired) electrons. The second kappa shape index (κ2) is 4.89. The summed E-state index contributed by atoms with van der Waals surface area (Å²) in [6, 6.07) is 6.87. The standard InChI is InChI=1S/C14H6Cl2FNO2/c15-8-5-10(16)13(18-6-8)14(19)12-4-7-3-9(17)1-2-11(7)20-12/h1-6H. The van der Waals surface area contributed by atoms with Gasteiger partial charge in [-0.05, 0) is 30.3 Å². The average molecular weight is 310 g/mol. The van der Waals surface area contributed by atoms with E-state index in [0.717, 1.165) is 0 Å². The van der Waals surface area contributed by atoms with E-state index in [1.54, 1.807) is 0 Å². The molecule has 2 heterocycles. The van der Waals surface area contributed by atoms with Gasteiger partial charge >= 0.3 is 0 Å². The van der Waals surface area contributed by atoms with Gasteiger partial charge in [0.05, 0.1) is 10.0 Å². The number of aromatic nitrogens is 1. The van der Waals surface area contributed by atoms with E-state index in [2.05, 4.69) is 4.98 Å². The van der Waals surface area contributed by atoms with Crippen LogP contribution in [0.1, 0.15) is 16.2 Å². The first-order valence-corrected chi connectivity index (χ1v) is 6.35. The Morgan fingerprint density at radius 2 is 2.00 bits per heavy atom. The van der Waals surface area contributed by atoms with Crippen LogP contribution in [0.4, 0.5) is 4.39 Å². The summed E-state index contributed by atoms with van der Waals surface area (Å²) >= 11 is 11.7. The molecule has 0 atom stereocenters. The number of benzene rings is 1. The number of nitrogens with zero attached hydrogens (tertiary/aromatic N) is 1. The van der Waals surface area contributed by atoms with Crippen LogP contribution in [0.2, 0.25) is 10.0 Å². The highest BCUT2D eigenvalue weighted by molar-refractivity contribution is 6.37. The third kappa shape index (κ3) is 2.28. The zero-order chi connectivity index (χ0) is 14.3. The highest BCUT2D eigenvalue weighted by Crippen LogP contribution is 2.25. The van der Waals surface area contributed by atoms with Gasteiger partial charge in [-0.15, -0.1) is 0 Å². The molecule has 1 aromatic carbocycles. The van der Waals surface area contributed by atoms with E-state index in [1.165, 1.54) is 36.5 Å². The predicted octanol–water partition coefficient (Wildman–Crippen LogP) is 4.50. The van der Waals surface area contributed by atoms with Crippen LogP contribution < -0.4 is 0 Å². The molecule has 6 heteroatoms. The molecule has 0 aliphatic heterocycles. The summed E-state index contributed by atoms with van der Waals surface area (Å²) < 4.78 is 18.5. The molecule has 0 unspecified atom stereocenters. The van der Waals surface area contributed by atoms with E-state index in [0.29, 0.717) is 16.0 Å². The lowest BCUT2D eigenvalue weighted by Crippen LogP contribution is -2.03. The first-order chi connectivity index (χ1) is 9.54. The Labute approximate surface area is 122 Å². The van der Waals surface area contributed by atoms with E-state index < -0.39 is 11.6 Å². The number of ketones is 1. The first kappa shape index (κ1) is 13.1. The number of furan rings is 1. The lowest BCUT2D eigenvalue weighted by atomic mass is 10.2. The maximum Gasteiger partial charge on any atom is 0.248 e. The minimum absolute atomic E-state index is 0.0376. The van der Waals surface area contributed by atoms with Crippen LogP contribution >= 0.6 is 23.2 Å². The molecule has 100 valence electrons. The Hall–Kier alpha value is -1.91. The molecule has 3 rings (SSSR count). The summed E-state index contributed by atoms with van der Waals surface area (Å²) in [5.74, 6) is -0.842. The molecule has 0 aliphatic rings. The molecule has 0 amide bonds. The zero-order valence-corrected chi connectivity index (χ0v) is 11.4. The Morgan fingerprint density at radius 1 is 1.20 bits per heavy atom. The monoisotopic (exact) mass is 309 g/mol. The van der Waals surface area contributed by atoms with Gasteiger partial charge in [0.15, 0.2) is 5.76 Å². The highest BCUT2D eigenvalue weighted by atomic mass is 35.5. The van der Waals surface area contributed by atoms with Gasteiger partial charge in [0.1, 0.15) is 17.1 Å². The summed E-state index contributed by atoms with van der Waals surface area (Å²) in [6.07, 6.45) is 1.32. The maximum absolute atomic E-state index is 13.1. The minimum Gasteiger partial charge on any atom is -0.453 e. The van der Waals surface area contributed by atoms with Crippen LogP contribution in [0.25, 0.3) is 11.0 Å². The molecule has 0 N–H and O–H groups in total. The molecule has 0 saturated heterocycles. The van der Waals surface area contributed by atoms with Crippen molar-refractivity contribution < 1.29 is 13.6 Å². The summed E-state index contributed by atoms with van der Waals surface area (Å²) in [5, 5.41) is 0.964. The fourth-order valence-corrected chi connectivity index (χ4v) is 2.29. The molecule has 2 aromatic heterocycles. The molecule has 3 nitrogen and oxygen atoms in total. The maximum atomic E-state index is 13.1. The van der Waals surface area contributed by atoms with Gasteiger partial charge in [0.25, 0.3) is 0 Å². The normalized spacial score (nSPS) is 10.9.